The lowest BCUT2D eigenvalue weighted by Crippen LogP contribution is -2.04. The van der Waals surface area contributed by atoms with Gasteiger partial charge in [0.15, 0.2) is 5.78 Å². The molecule has 0 unspecified atom stereocenters. The van der Waals surface area contributed by atoms with Gasteiger partial charge in [-0.05, 0) is 53.4 Å². The number of rotatable bonds is 5. The minimum atomic E-state index is -0.511. The Morgan fingerprint density at radius 3 is 2.50 bits per heavy atom. The van der Waals surface area contributed by atoms with Crippen LogP contribution in [0.3, 0.4) is 0 Å². The Kier molecular flexibility index (Phi) is 4.96. The topological polar surface area (TPSA) is 42.9 Å². The lowest BCUT2D eigenvalue weighted by molar-refractivity contribution is 0.0979. The van der Waals surface area contributed by atoms with Crippen molar-refractivity contribution in [3.05, 3.63) is 83.2 Å². The van der Waals surface area contributed by atoms with Gasteiger partial charge in [-0.1, -0.05) is 23.7 Å². The fraction of sp³-hybridized carbons (Fsp3) is 0.105. The second-order valence-electron chi connectivity index (χ2n) is 5.34. The average molecular weight is 341 g/mol. The van der Waals surface area contributed by atoms with Crippen LogP contribution in [0, 0.1) is 5.82 Å². The van der Waals surface area contributed by atoms with Crippen molar-refractivity contribution in [3.8, 4) is 11.1 Å². The number of pyridine rings is 2. The van der Waals surface area contributed by atoms with Crippen LogP contribution in [-0.4, -0.2) is 15.8 Å². The smallest absolute Gasteiger partial charge is 0.166 e. The third-order valence-electron chi connectivity index (χ3n) is 3.71. The van der Waals surface area contributed by atoms with E-state index in [0.717, 1.165) is 11.1 Å². The first kappa shape index (κ1) is 16.3. The summed E-state index contributed by atoms with van der Waals surface area (Å²) >= 11 is 5.72. The van der Waals surface area contributed by atoms with Crippen LogP contribution in [-0.2, 0) is 6.42 Å². The van der Waals surface area contributed by atoms with E-state index in [4.69, 9.17) is 11.6 Å². The van der Waals surface area contributed by atoms with Crippen LogP contribution in [0.4, 0.5) is 4.39 Å². The molecule has 5 heteroatoms. The van der Waals surface area contributed by atoms with Gasteiger partial charge in [0.2, 0.25) is 0 Å². The number of carbonyl (C=O) groups is 1. The number of ketones is 1. The van der Waals surface area contributed by atoms with Gasteiger partial charge in [-0.15, -0.1) is 0 Å². The van der Waals surface area contributed by atoms with E-state index in [1.165, 1.54) is 12.1 Å². The predicted octanol–water partition coefficient (Wildman–Crippen LogP) is 4.75. The standard InChI is InChI=1S/C19H14ClFN2O/c20-19-6-2-13(12-23-19)1-5-18(24)16-4-3-15(11-17(16)21)14-7-9-22-10-8-14/h2-4,6-12H,1,5H2. The Bertz CT molecular complexity index is 851. The number of halogens is 2. The van der Waals surface area contributed by atoms with E-state index < -0.39 is 5.82 Å². The Morgan fingerprint density at radius 1 is 1.04 bits per heavy atom. The lowest BCUT2D eigenvalue weighted by Gasteiger charge is -2.06. The summed E-state index contributed by atoms with van der Waals surface area (Å²) in [6.45, 7) is 0. The predicted molar refractivity (Wildman–Crippen MR) is 91.5 cm³/mol. The molecule has 24 heavy (non-hydrogen) atoms. The van der Waals surface area contributed by atoms with Gasteiger partial charge in [0.1, 0.15) is 11.0 Å². The molecular formula is C19H14ClFN2O. The summed E-state index contributed by atoms with van der Waals surface area (Å²) in [6, 6.07) is 11.7. The summed E-state index contributed by atoms with van der Waals surface area (Å²) in [4.78, 5) is 20.2. The Hall–Kier alpha value is -2.59. The number of benzene rings is 1. The largest absolute Gasteiger partial charge is 0.294 e. The van der Waals surface area contributed by atoms with E-state index in [1.54, 1.807) is 42.9 Å². The number of hydrogen-bond acceptors (Lipinski definition) is 3. The first-order valence-electron chi connectivity index (χ1n) is 7.47. The number of carbonyl (C=O) groups excluding carboxylic acids is 1. The molecule has 3 nitrogen and oxygen atoms in total. The van der Waals surface area contributed by atoms with E-state index >= 15 is 0 Å². The molecule has 0 aliphatic rings. The van der Waals surface area contributed by atoms with Crippen molar-refractivity contribution < 1.29 is 9.18 Å². The van der Waals surface area contributed by atoms with Crippen LogP contribution < -0.4 is 0 Å². The summed E-state index contributed by atoms with van der Waals surface area (Å²) in [5.41, 5.74) is 2.57. The molecule has 0 aliphatic heterocycles. The van der Waals surface area contributed by atoms with Crippen molar-refractivity contribution in [2.45, 2.75) is 12.8 Å². The fourth-order valence-electron chi connectivity index (χ4n) is 2.41. The Balaban J connectivity index is 1.72. The van der Waals surface area contributed by atoms with E-state index in [1.807, 2.05) is 6.07 Å². The number of aryl methyl sites for hydroxylation is 1. The van der Waals surface area contributed by atoms with Gasteiger partial charge in [0.25, 0.3) is 0 Å². The van der Waals surface area contributed by atoms with Gasteiger partial charge in [-0.2, -0.15) is 0 Å². The Labute approximate surface area is 144 Å². The third-order valence-corrected chi connectivity index (χ3v) is 3.94. The van der Waals surface area contributed by atoms with E-state index in [2.05, 4.69) is 9.97 Å². The van der Waals surface area contributed by atoms with Gasteiger partial charge in [0, 0.05) is 25.0 Å². The van der Waals surface area contributed by atoms with Crippen molar-refractivity contribution in [2.75, 3.05) is 0 Å². The van der Waals surface area contributed by atoms with Crippen LogP contribution in [0.5, 0.6) is 0 Å². The second kappa shape index (κ2) is 7.32. The third kappa shape index (κ3) is 3.84. The van der Waals surface area contributed by atoms with Crippen LogP contribution in [0.25, 0.3) is 11.1 Å². The summed E-state index contributed by atoms with van der Waals surface area (Å²) in [7, 11) is 0. The molecule has 0 atom stereocenters. The zero-order valence-electron chi connectivity index (χ0n) is 12.7. The number of nitrogens with zero attached hydrogens (tertiary/aromatic N) is 2. The monoisotopic (exact) mass is 340 g/mol. The van der Waals surface area contributed by atoms with Crippen LogP contribution in [0.15, 0.2) is 61.1 Å². The summed E-state index contributed by atoms with van der Waals surface area (Å²) in [5, 5.41) is 0.405. The maximum absolute atomic E-state index is 14.3. The lowest BCUT2D eigenvalue weighted by atomic mass is 9.99. The van der Waals surface area contributed by atoms with Crippen molar-refractivity contribution >= 4 is 17.4 Å². The zero-order chi connectivity index (χ0) is 16.9. The Morgan fingerprint density at radius 2 is 1.83 bits per heavy atom. The van der Waals surface area contributed by atoms with E-state index in [9.17, 15) is 9.18 Å². The molecular weight excluding hydrogens is 327 g/mol. The van der Waals surface area contributed by atoms with E-state index in [0.29, 0.717) is 17.1 Å². The molecule has 2 aromatic heterocycles. The first-order valence-corrected chi connectivity index (χ1v) is 7.85. The average Bonchev–Trinajstić information content (AvgIpc) is 2.61. The molecule has 0 N–H and O–H groups in total. The fourth-order valence-corrected chi connectivity index (χ4v) is 2.52. The van der Waals surface area contributed by atoms with Gasteiger partial charge in [-0.3, -0.25) is 9.78 Å². The van der Waals surface area contributed by atoms with Crippen LogP contribution in [0.1, 0.15) is 22.3 Å². The summed E-state index contributed by atoms with van der Waals surface area (Å²) in [6.07, 6.45) is 5.63. The molecule has 1 aromatic carbocycles. The zero-order valence-corrected chi connectivity index (χ0v) is 13.5. The molecule has 0 fully saturated rings. The van der Waals surface area contributed by atoms with Crippen LogP contribution >= 0.6 is 11.6 Å². The van der Waals surface area contributed by atoms with Crippen molar-refractivity contribution in [2.24, 2.45) is 0 Å². The van der Waals surface area contributed by atoms with Crippen LogP contribution in [0.2, 0.25) is 5.15 Å². The molecule has 3 rings (SSSR count). The molecule has 2 heterocycles. The summed E-state index contributed by atoms with van der Waals surface area (Å²) < 4.78 is 14.3. The van der Waals surface area contributed by atoms with Crippen molar-refractivity contribution in [3.63, 3.8) is 0 Å². The molecule has 0 spiro atoms. The highest BCUT2D eigenvalue weighted by atomic mass is 35.5. The molecule has 3 aromatic rings. The molecule has 0 bridgehead atoms. The second-order valence-corrected chi connectivity index (χ2v) is 5.73. The normalized spacial score (nSPS) is 10.6. The molecule has 0 saturated carbocycles. The maximum Gasteiger partial charge on any atom is 0.166 e. The van der Waals surface area contributed by atoms with Gasteiger partial charge in [0.05, 0.1) is 5.56 Å². The van der Waals surface area contributed by atoms with Gasteiger partial charge in [-0.25, -0.2) is 9.37 Å². The molecule has 0 saturated heterocycles. The first-order chi connectivity index (χ1) is 11.6. The van der Waals surface area contributed by atoms with E-state index in [-0.39, 0.29) is 17.8 Å². The molecule has 0 amide bonds. The SMILES string of the molecule is O=C(CCc1ccc(Cl)nc1)c1ccc(-c2ccncc2)cc1F. The highest BCUT2D eigenvalue weighted by Crippen LogP contribution is 2.22. The summed E-state index contributed by atoms with van der Waals surface area (Å²) in [5.74, 6) is -0.743. The molecule has 120 valence electrons. The minimum absolute atomic E-state index is 0.106. The highest BCUT2D eigenvalue weighted by molar-refractivity contribution is 6.29. The van der Waals surface area contributed by atoms with Crippen molar-refractivity contribution in [1.82, 2.24) is 9.97 Å². The number of hydrogen-bond donors (Lipinski definition) is 0. The van der Waals surface area contributed by atoms with Crippen molar-refractivity contribution in [1.29, 1.82) is 0 Å². The molecule has 0 radical (unpaired) electrons. The quantitative estimate of drug-likeness (QED) is 0.497. The number of Topliss-reactive ketones (excluding diaryl/α,β-unsaturated/α-hetero) is 1. The van der Waals surface area contributed by atoms with Gasteiger partial charge < -0.3 is 0 Å². The van der Waals surface area contributed by atoms with Gasteiger partial charge >= 0.3 is 0 Å². The minimum Gasteiger partial charge on any atom is -0.294 e. The molecule has 0 aliphatic carbocycles. The maximum atomic E-state index is 14.3. The highest BCUT2D eigenvalue weighted by Gasteiger charge is 2.13. The number of aromatic nitrogens is 2.